The molecule has 1 atom stereocenters. The molecule has 5 heteroatoms. The van der Waals surface area contributed by atoms with Gasteiger partial charge in [0.05, 0.1) is 5.75 Å². The van der Waals surface area contributed by atoms with Gasteiger partial charge in [0.25, 0.3) is 0 Å². The Kier molecular flexibility index (Phi) is 5.02. The Balaban J connectivity index is 2.21. The summed E-state index contributed by atoms with van der Waals surface area (Å²) in [6, 6.07) is 0.581. The monoisotopic (exact) mass is 234 g/mol. The third-order valence-electron chi connectivity index (χ3n) is 2.82. The SMILES string of the molecule is CCC1CN(CCCS(C)(=O)=O)CCN1. The van der Waals surface area contributed by atoms with E-state index in [0.29, 0.717) is 11.8 Å². The molecule has 0 saturated carbocycles. The van der Waals surface area contributed by atoms with Crippen LogP contribution >= 0.6 is 0 Å². The molecular weight excluding hydrogens is 212 g/mol. The van der Waals surface area contributed by atoms with E-state index in [0.717, 1.165) is 39.0 Å². The van der Waals surface area contributed by atoms with E-state index in [1.54, 1.807) is 0 Å². The van der Waals surface area contributed by atoms with E-state index < -0.39 is 9.84 Å². The van der Waals surface area contributed by atoms with Crippen LogP contribution in [0.2, 0.25) is 0 Å². The van der Waals surface area contributed by atoms with Gasteiger partial charge in [0, 0.05) is 31.9 Å². The van der Waals surface area contributed by atoms with Crippen LogP contribution in [0.1, 0.15) is 19.8 Å². The Bertz CT molecular complexity index is 277. The minimum Gasteiger partial charge on any atom is -0.311 e. The standard InChI is InChI=1S/C10H22N2O2S/c1-3-10-9-12(7-5-11-10)6-4-8-15(2,13)14/h10-11H,3-9H2,1-2H3. The van der Waals surface area contributed by atoms with Crippen LogP contribution in [0.25, 0.3) is 0 Å². The fraction of sp³-hybridized carbons (Fsp3) is 1.00. The summed E-state index contributed by atoms with van der Waals surface area (Å²) in [5.41, 5.74) is 0. The number of rotatable bonds is 5. The van der Waals surface area contributed by atoms with Crippen LogP contribution in [0.3, 0.4) is 0 Å². The van der Waals surface area contributed by atoms with Gasteiger partial charge in [-0.1, -0.05) is 6.92 Å². The van der Waals surface area contributed by atoms with E-state index in [-0.39, 0.29) is 0 Å². The highest BCUT2D eigenvalue weighted by Gasteiger charge is 2.17. The molecule has 0 radical (unpaired) electrons. The normalized spacial score (nSPS) is 24.3. The molecule has 0 aromatic carbocycles. The summed E-state index contributed by atoms with van der Waals surface area (Å²) in [6.45, 7) is 6.21. The lowest BCUT2D eigenvalue weighted by atomic mass is 10.1. The highest BCUT2D eigenvalue weighted by atomic mass is 32.2. The molecule has 0 amide bonds. The largest absolute Gasteiger partial charge is 0.311 e. The van der Waals surface area contributed by atoms with E-state index in [9.17, 15) is 8.42 Å². The van der Waals surface area contributed by atoms with E-state index in [1.165, 1.54) is 6.26 Å². The maximum absolute atomic E-state index is 11.0. The first-order valence-corrected chi connectivity index (χ1v) is 7.71. The second kappa shape index (κ2) is 5.82. The average Bonchev–Trinajstić information content (AvgIpc) is 2.16. The van der Waals surface area contributed by atoms with Crippen LogP contribution in [0.15, 0.2) is 0 Å². The summed E-state index contributed by atoms with van der Waals surface area (Å²) in [7, 11) is -2.79. The predicted molar refractivity (Wildman–Crippen MR) is 62.8 cm³/mol. The van der Waals surface area contributed by atoms with Gasteiger partial charge in [0.1, 0.15) is 9.84 Å². The number of piperazine rings is 1. The summed E-state index contributed by atoms with van der Waals surface area (Å²) in [5, 5.41) is 3.45. The summed E-state index contributed by atoms with van der Waals surface area (Å²) in [4.78, 5) is 2.36. The van der Waals surface area contributed by atoms with Crippen molar-refractivity contribution in [2.45, 2.75) is 25.8 Å². The third kappa shape index (κ3) is 5.49. The molecule has 1 aliphatic rings. The fourth-order valence-corrected chi connectivity index (χ4v) is 2.57. The minimum absolute atomic E-state index is 0.313. The number of sulfone groups is 1. The Labute approximate surface area is 93.0 Å². The van der Waals surface area contributed by atoms with Crippen molar-refractivity contribution in [3.63, 3.8) is 0 Å². The van der Waals surface area contributed by atoms with Crippen molar-refractivity contribution in [3.8, 4) is 0 Å². The summed E-state index contributed by atoms with van der Waals surface area (Å²) >= 11 is 0. The van der Waals surface area contributed by atoms with Crippen molar-refractivity contribution in [1.82, 2.24) is 10.2 Å². The van der Waals surface area contributed by atoms with E-state index in [1.807, 2.05) is 0 Å². The zero-order valence-corrected chi connectivity index (χ0v) is 10.5. The highest BCUT2D eigenvalue weighted by molar-refractivity contribution is 7.90. The lowest BCUT2D eigenvalue weighted by molar-refractivity contribution is 0.198. The molecule has 1 unspecified atom stereocenters. The van der Waals surface area contributed by atoms with E-state index >= 15 is 0 Å². The van der Waals surface area contributed by atoms with E-state index in [2.05, 4.69) is 17.1 Å². The molecule has 4 nitrogen and oxygen atoms in total. The molecule has 0 aliphatic carbocycles. The van der Waals surface area contributed by atoms with Crippen molar-refractivity contribution in [2.75, 3.05) is 38.2 Å². The quantitative estimate of drug-likeness (QED) is 0.733. The molecule has 1 N–H and O–H groups in total. The predicted octanol–water partition coefficient (Wildman–Crippen LogP) is 0.105. The van der Waals surface area contributed by atoms with Gasteiger partial charge in [-0.3, -0.25) is 0 Å². The van der Waals surface area contributed by atoms with Gasteiger partial charge >= 0.3 is 0 Å². The summed E-state index contributed by atoms with van der Waals surface area (Å²) < 4.78 is 21.9. The van der Waals surface area contributed by atoms with Crippen molar-refractivity contribution in [1.29, 1.82) is 0 Å². The molecule has 1 rings (SSSR count). The van der Waals surface area contributed by atoms with Gasteiger partial charge in [-0.2, -0.15) is 0 Å². The van der Waals surface area contributed by atoms with Crippen molar-refractivity contribution < 1.29 is 8.42 Å². The Hall–Kier alpha value is -0.130. The van der Waals surface area contributed by atoms with Crippen LogP contribution < -0.4 is 5.32 Å². The number of nitrogens with zero attached hydrogens (tertiary/aromatic N) is 1. The Morgan fingerprint density at radius 2 is 2.20 bits per heavy atom. The molecule has 0 aromatic rings. The molecule has 90 valence electrons. The molecule has 0 spiro atoms. The maximum Gasteiger partial charge on any atom is 0.147 e. The number of hydrogen-bond acceptors (Lipinski definition) is 4. The zero-order chi connectivity index (χ0) is 11.3. The second-order valence-corrected chi connectivity index (χ2v) is 6.60. The molecular formula is C10H22N2O2S. The van der Waals surface area contributed by atoms with Gasteiger partial charge < -0.3 is 10.2 Å². The van der Waals surface area contributed by atoms with Crippen molar-refractivity contribution in [3.05, 3.63) is 0 Å². The molecule has 0 bridgehead atoms. The topological polar surface area (TPSA) is 49.4 Å². The minimum atomic E-state index is -2.79. The van der Waals surface area contributed by atoms with Gasteiger partial charge in [0.2, 0.25) is 0 Å². The molecule has 1 saturated heterocycles. The number of nitrogens with one attached hydrogen (secondary N) is 1. The maximum atomic E-state index is 11.0. The number of hydrogen-bond donors (Lipinski definition) is 1. The van der Waals surface area contributed by atoms with Crippen molar-refractivity contribution >= 4 is 9.84 Å². The molecule has 0 aromatic heterocycles. The zero-order valence-electron chi connectivity index (χ0n) is 9.70. The summed E-state index contributed by atoms with van der Waals surface area (Å²) in [6.07, 6.45) is 3.21. The lowest BCUT2D eigenvalue weighted by Gasteiger charge is -2.33. The molecule has 1 heterocycles. The third-order valence-corrected chi connectivity index (χ3v) is 3.85. The van der Waals surface area contributed by atoms with Crippen LogP contribution in [0.5, 0.6) is 0 Å². The van der Waals surface area contributed by atoms with Crippen LogP contribution in [-0.2, 0) is 9.84 Å². The second-order valence-electron chi connectivity index (χ2n) is 4.34. The average molecular weight is 234 g/mol. The van der Waals surface area contributed by atoms with Crippen molar-refractivity contribution in [2.24, 2.45) is 0 Å². The Morgan fingerprint density at radius 1 is 1.47 bits per heavy atom. The van der Waals surface area contributed by atoms with Crippen LogP contribution in [0.4, 0.5) is 0 Å². The van der Waals surface area contributed by atoms with Crippen LogP contribution in [0, 0.1) is 0 Å². The molecule has 15 heavy (non-hydrogen) atoms. The highest BCUT2D eigenvalue weighted by Crippen LogP contribution is 2.03. The molecule has 1 aliphatic heterocycles. The van der Waals surface area contributed by atoms with Gasteiger partial charge in [-0.25, -0.2) is 8.42 Å². The van der Waals surface area contributed by atoms with Gasteiger partial charge in [-0.15, -0.1) is 0 Å². The van der Waals surface area contributed by atoms with Gasteiger partial charge in [-0.05, 0) is 19.4 Å². The first kappa shape index (κ1) is 12.9. The summed E-state index contributed by atoms with van der Waals surface area (Å²) in [5.74, 6) is 0.313. The first-order valence-electron chi connectivity index (χ1n) is 5.64. The fourth-order valence-electron chi connectivity index (χ4n) is 1.92. The Morgan fingerprint density at radius 3 is 2.80 bits per heavy atom. The lowest BCUT2D eigenvalue weighted by Crippen LogP contribution is -2.50. The van der Waals surface area contributed by atoms with E-state index in [4.69, 9.17) is 0 Å². The smallest absolute Gasteiger partial charge is 0.147 e. The van der Waals surface area contributed by atoms with Gasteiger partial charge in [0.15, 0.2) is 0 Å². The molecule has 1 fully saturated rings. The van der Waals surface area contributed by atoms with Crippen LogP contribution in [-0.4, -0.2) is 57.5 Å². The first-order chi connectivity index (χ1) is 7.01.